The SMILES string of the molecule is Cc1ccc(S(=O)(=O)N(CCCC(=O)O)C(=O)c2c3ccccc3[n+](CCCCN3CC4CCN(C(=O)c5ccc(-c6c7ccc(=O)cc-7oc7cc(O)ccc67)c(C(=O)O)c5)CC4C3)c3ccccc23)cc1. The molecular weight excluding hydrogens is 949 g/mol. The molecule has 372 valence electrons. The zero-order valence-corrected chi connectivity index (χ0v) is 40.9. The van der Waals surface area contributed by atoms with Crippen molar-refractivity contribution < 1.29 is 51.9 Å². The van der Waals surface area contributed by atoms with Gasteiger partial charge in [0.2, 0.25) is 11.0 Å². The number of sulfonamides is 1. The number of piperidine rings is 1. The second kappa shape index (κ2) is 19.9. The van der Waals surface area contributed by atoms with Gasteiger partial charge in [0.25, 0.3) is 21.8 Å². The highest BCUT2D eigenvalue weighted by molar-refractivity contribution is 7.89. The van der Waals surface area contributed by atoms with Crippen LogP contribution in [0, 0.1) is 18.8 Å². The van der Waals surface area contributed by atoms with Gasteiger partial charge in [0.1, 0.15) is 23.6 Å². The number of carboxylic acid groups (broad SMARTS) is 2. The van der Waals surface area contributed by atoms with E-state index in [1.165, 1.54) is 42.5 Å². The van der Waals surface area contributed by atoms with Crippen LogP contribution in [0.3, 0.4) is 0 Å². The number of carbonyl (C=O) groups is 4. The molecule has 2 saturated heterocycles. The Labute approximate surface area is 420 Å². The lowest BCUT2D eigenvalue weighted by Crippen LogP contribution is -2.43. The molecule has 4 aliphatic rings. The van der Waals surface area contributed by atoms with Crippen LogP contribution in [0.25, 0.3) is 55.2 Å². The zero-order valence-electron chi connectivity index (χ0n) is 40.1. The molecule has 3 aliphatic heterocycles. The minimum atomic E-state index is -4.37. The van der Waals surface area contributed by atoms with Gasteiger partial charge in [-0.1, -0.05) is 48.0 Å². The number of rotatable bonds is 15. The fourth-order valence-corrected chi connectivity index (χ4v) is 12.3. The standard InChI is InChI=1S/C57H52N4O11S/c1-35-14-19-41(20-15-35)73(70,71)61(27-8-13-52(64)65)56(67)54-43-9-2-4-11-48(43)60(49-12-5-3-10-44(49)54)26-7-6-25-58-32-37-24-28-59(34-38(37)33-58)55(66)36-16-21-42(47(29-36)57(68)69)53-45-22-17-39(62)30-50(45)72-51-31-40(63)18-23-46(51)53/h2-5,9-12,14-23,29-31,37-38H,6-8,13,24-28,32-34H2,1H3,(H2-,62,63,64,65,68,69)/p+1. The molecule has 0 bridgehead atoms. The molecule has 10 rings (SSSR count). The lowest BCUT2D eigenvalue weighted by Gasteiger charge is -2.34. The van der Waals surface area contributed by atoms with E-state index in [1.807, 2.05) is 60.4 Å². The first-order valence-corrected chi connectivity index (χ1v) is 25.9. The summed E-state index contributed by atoms with van der Waals surface area (Å²) in [5, 5.41) is 31.9. The predicted molar refractivity (Wildman–Crippen MR) is 274 cm³/mol. The number of fused-ring (bicyclic) bond motifs is 5. The highest BCUT2D eigenvalue weighted by Crippen LogP contribution is 2.42. The molecule has 2 atom stereocenters. The number of amides is 2. The number of hydrogen-bond acceptors (Lipinski definition) is 10. The number of para-hydroxylation sites is 2. The van der Waals surface area contributed by atoms with Crippen LogP contribution in [0.5, 0.6) is 5.75 Å². The quantitative estimate of drug-likeness (QED) is 0.0503. The van der Waals surface area contributed by atoms with Crippen molar-refractivity contribution >= 4 is 66.6 Å². The molecule has 1 aliphatic carbocycles. The van der Waals surface area contributed by atoms with Crippen molar-refractivity contribution in [2.45, 2.75) is 50.5 Å². The number of phenolic OH excluding ortho intramolecular Hbond substituents is 1. The first kappa shape index (κ1) is 48.7. The summed E-state index contributed by atoms with van der Waals surface area (Å²) in [6.45, 7) is 5.80. The van der Waals surface area contributed by atoms with Gasteiger partial charge in [-0.15, -0.1) is 0 Å². The van der Waals surface area contributed by atoms with Crippen LogP contribution in [0.1, 0.15) is 68.7 Å². The maximum Gasteiger partial charge on any atom is 0.336 e. The van der Waals surface area contributed by atoms with Crippen LogP contribution in [0.2, 0.25) is 0 Å². The Hall–Kier alpha value is -7.95. The number of aliphatic carboxylic acids is 1. The average molecular weight is 1000 g/mol. The number of benzene rings is 6. The van der Waals surface area contributed by atoms with Crippen molar-refractivity contribution in [3.63, 3.8) is 0 Å². The smallest absolute Gasteiger partial charge is 0.336 e. The van der Waals surface area contributed by atoms with Gasteiger partial charge >= 0.3 is 11.9 Å². The fraction of sp³-hybridized carbons (Fsp3) is 0.263. The van der Waals surface area contributed by atoms with Crippen molar-refractivity contribution in [2.24, 2.45) is 11.8 Å². The van der Waals surface area contributed by atoms with Crippen molar-refractivity contribution in [3.8, 4) is 28.2 Å². The first-order valence-electron chi connectivity index (χ1n) is 24.4. The van der Waals surface area contributed by atoms with Gasteiger partial charge in [0.05, 0.1) is 26.8 Å². The minimum absolute atomic E-state index is 0.0542. The van der Waals surface area contributed by atoms with Crippen LogP contribution >= 0.6 is 0 Å². The predicted octanol–water partition coefficient (Wildman–Crippen LogP) is 8.44. The maximum atomic E-state index is 14.8. The van der Waals surface area contributed by atoms with E-state index in [0.717, 1.165) is 59.8 Å². The summed E-state index contributed by atoms with van der Waals surface area (Å²) in [4.78, 5) is 69.9. The van der Waals surface area contributed by atoms with E-state index in [4.69, 9.17) is 4.42 Å². The number of hydrogen-bond donors (Lipinski definition) is 3. The van der Waals surface area contributed by atoms with Crippen LogP contribution in [0.4, 0.5) is 0 Å². The molecule has 3 N–H and O–H groups in total. The number of nitrogens with zero attached hydrogens (tertiary/aromatic N) is 4. The van der Waals surface area contributed by atoms with Crippen molar-refractivity contribution in [1.29, 1.82) is 0 Å². The number of aromatic hydroxyl groups is 1. The van der Waals surface area contributed by atoms with Crippen molar-refractivity contribution in [3.05, 3.63) is 160 Å². The molecule has 16 heteroatoms. The van der Waals surface area contributed by atoms with E-state index in [2.05, 4.69) is 9.47 Å². The third-order valence-electron chi connectivity index (χ3n) is 14.4. The van der Waals surface area contributed by atoms with E-state index in [0.29, 0.717) is 58.4 Å². The molecule has 0 spiro atoms. The number of pyridine rings is 1. The molecule has 0 saturated carbocycles. The van der Waals surface area contributed by atoms with Crippen molar-refractivity contribution in [1.82, 2.24) is 14.1 Å². The normalized spacial score (nSPS) is 16.0. The molecule has 6 aromatic rings. The number of aromatic nitrogens is 1. The second-order valence-corrected chi connectivity index (χ2v) is 21.0. The molecule has 2 amide bonds. The van der Waals surface area contributed by atoms with Crippen LogP contribution in [-0.4, -0.2) is 101 Å². The Morgan fingerprint density at radius 2 is 1.45 bits per heavy atom. The number of phenols is 1. The molecular formula is C57H53N4O11S+. The number of likely N-dealkylation sites (tertiary alicyclic amines) is 2. The van der Waals surface area contributed by atoms with E-state index < -0.39 is 27.9 Å². The lowest BCUT2D eigenvalue weighted by atomic mass is 9.87. The van der Waals surface area contributed by atoms with E-state index in [9.17, 15) is 47.7 Å². The highest BCUT2D eigenvalue weighted by atomic mass is 32.2. The number of aromatic carboxylic acids is 1. The maximum absolute atomic E-state index is 14.8. The molecule has 2 fully saturated rings. The summed E-state index contributed by atoms with van der Waals surface area (Å²) < 4.78 is 37.4. The molecule has 2 unspecified atom stereocenters. The van der Waals surface area contributed by atoms with Gasteiger partial charge in [-0.3, -0.25) is 19.2 Å². The van der Waals surface area contributed by atoms with Gasteiger partial charge in [0.15, 0.2) is 5.43 Å². The highest BCUT2D eigenvalue weighted by Gasteiger charge is 2.39. The Kier molecular flexibility index (Phi) is 13.3. The number of aryl methyl sites for hydroxylation is 2. The van der Waals surface area contributed by atoms with Crippen LogP contribution in [-0.2, 0) is 21.4 Å². The molecule has 0 radical (unpaired) electrons. The molecule has 15 nitrogen and oxygen atoms in total. The average Bonchev–Trinajstić information content (AvgIpc) is 3.79. The molecule has 5 aromatic carbocycles. The summed E-state index contributed by atoms with van der Waals surface area (Å²) in [6, 6.07) is 34.7. The van der Waals surface area contributed by atoms with Gasteiger partial charge in [-0.25, -0.2) is 17.5 Å². The zero-order chi connectivity index (χ0) is 51.1. The summed E-state index contributed by atoms with van der Waals surface area (Å²) >= 11 is 0. The summed E-state index contributed by atoms with van der Waals surface area (Å²) in [5.41, 5.74) is 4.15. The lowest BCUT2D eigenvalue weighted by molar-refractivity contribution is -0.645. The summed E-state index contributed by atoms with van der Waals surface area (Å²) in [7, 11) is -4.37. The third-order valence-corrected chi connectivity index (χ3v) is 16.2. The van der Waals surface area contributed by atoms with E-state index in [1.54, 1.807) is 36.4 Å². The fourth-order valence-electron chi connectivity index (χ4n) is 10.9. The first-order chi connectivity index (χ1) is 35.2. The Morgan fingerprint density at radius 3 is 2.16 bits per heavy atom. The van der Waals surface area contributed by atoms with E-state index in [-0.39, 0.29) is 75.3 Å². The van der Waals surface area contributed by atoms with Crippen LogP contribution < -0.4 is 10.00 Å². The summed E-state index contributed by atoms with van der Waals surface area (Å²) in [5.74, 6) is -2.44. The third kappa shape index (κ3) is 9.51. The monoisotopic (exact) mass is 1000 g/mol. The van der Waals surface area contributed by atoms with Crippen LogP contribution in [0.15, 0.2) is 142 Å². The van der Waals surface area contributed by atoms with Gasteiger partial charge in [-0.05, 0) is 111 Å². The number of carboxylic acids is 2. The molecule has 73 heavy (non-hydrogen) atoms. The Balaban J connectivity index is 0.832. The second-order valence-electron chi connectivity index (χ2n) is 19.2. The van der Waals surface area contributed by atoms with Gasteiger partial charge in [0, 0.05) is 91.9 Å². The molecule has 1 aromatic heterocycles. The van der Waals surface area contributed by atoms with E-state index >= 15 is 0 Å². The topological polar surface area (TPSA) is 207 Å². The Morgan fingerprint density at radius 1 is 0.753 bits per heavy atom. The number of carbonyl (C=O) groups excluding carboxylic acids is 2. The molecule has 4 heterocycles. The van der Waals surface area contributed by atoms with Gasteiger partial charge < -0.3 is 29.5 Å². The minimum Gasteiger partial charge on any atom is -0.508 e. The largest absolute Gasteiger partial charge is 0.508 e. The van der Waals surface area contributed by atoms with Crippen molar-refractivity contribution in [2.75, 3.05) is 39.3 Å². The Bertz CT molecular complexity index is 3590. The summed E-state index contributed by atoms with van der Waals surface area (Å²) in [6.07, 6.45) is 2.13. The number of unbranched alkanes of at least 4 members (excludes halogenated alkanes) is 1. The van der Waals surface area contributed by atoms with Gasteiger partial charge in [-0.2, -0.15) is 4.57 Å².